The molecular weight excluding hydrogens is 341 g/mol. The highest BCUT2D eigenvalue weighted by Gasteiger charge is 2.09. The predicted molar refractivity (Wildman–Crippen MR) is 90.5 cm³/mol. The number of rotatable bonds is 6. The maximum absolute atomic E-state index is 12.8. The first-order chi connectivity index (χ1) is 12.6. The molecule has 0 saturated heterocycles. The second kappa shape index (κ2) is 8.11. The van der Waals surface area contributed by atoms with Crippen LogP contribution in [0.15, 0.2) is 52.9 Å². The normalized spacial score (nSPS) is 10.5. The van der Waals surface area contributed by atoms with Gasteiger partial charge in [0.15, 0.2) is 18.1 Å². The summed E-state index contributed by atoms with van der Waals surface area (Å²) in [7, 11) is 0. The number of amides is 2. The molecule has 3 aromatic rings. The number of aryl methyl sites for hydroxylation is 1. The van der Waals surface area contributed by atoms with Gasteiger partial charge < -0.3 is 9.15 Å². The fourth-order valence-corrected chi connectivity index (χ4v) is 2.17. The fraction of sp³-hybridized carbons (Fsp3) is 0.167. The third-order valence-electron chi connectivity index (χ3n) is 3.43. The lowest BCUT2D eigenvalue weighted by atomic mass is 10.3. The van der Waals surface area contributed by atoms with E-state index >= 15 is 0 Å². The minimum absolute atomic E-state index is 0.103. The first-order valence-corrected chi connectivity index (χ1v) is 7.90. The molecule has 1 heterocycles. The van der Waals surface area contributed by atoms with Crippen molar-refractivity contribution in [3.8, 4) is 5.75 Å². The molecule has 2 amide bonds. The van der Waals surface area contributed by atoms with E-state index in [9.17, 15) is 14.0 Å². The molecule has 7 nitrogen and oxygen atoms in total. The smallest absolute Gasteiger partial charge is 0.276 e. The summed E-state index contributed by atoms with van der Waals surface area (Å²) in [5.41, 5.74) is 5.91. The summed E-state index contributed by atoms with van der Waals surface area (Å²) in [6.45, 7) is -0.308. The molecule has 1 aromatic heterocycles. The molecule has 0 spiro atoms. The molecule has 0 bridgehead atoms. The highest BCUT2D eigenvalue weighted by atomic mass is 19.1. The van der Waals surface area contributed by atoms with E-state index in [4.69, 9.17) is 9.15 Å². The molecule has 0 atom stereocenters. The molecule has 0 aliphatic rings. The van der Waals surface area contributed by atoms with Crippen LogP contribution in [0.4, 0.5) is 4.39 Å². The molecule has 3 rings (SSSR count). The number of carbonyl (C=O) groups is 2. The zero-order valence-corrected chi connectivity index (χ0v) is 13.7. The number of fused-ring (bicyclic) bond motifs is 1. The molecule has 134 valence electrons. The van der Waals surface area contributed by atoms with Crippen LogP contribution in [0.25, 0.3) is 11.1 Å². The summed E-state index contributed by atoms with van der Waals surface area (Å²) in [5.74, 6) is -0.518. The number of ether oxygens (including phenoxy) is 1. The van der Waals surface area contributed by atoms with Gasteiger partial charge in [0.2, 0.25) is 5.91 Å². The number of oxazole rings is 1. The molecule has 0 aliphatic heterocycles. The van der Waals surface area contributed by atoms with Crippen LogP contribution in [0.5, 0.6) is 5.75 Å². The minimum Gasteiger partial charge on any atom is -0.484 e. The fourth-order valence-electron chi connectivity index (χ4n) is 2.17. The van der Waals surface area contributed by atoms with Gasteiger partial charge in [-0.05, 0) is 36.4 Å². The van der Waals surface area contributed by atoms with E-state index in [-0.39, 0.29) is 18.9 Å². The Bertz CT molecular complexity index is 875. The number of hydrogen-bond acceptors (Lipinski definition) is 5. The molecule has 0 unspecified atom stereocenters. The molecule has 8 heteroatoms. The second-order valence-electron chi connectivity index (χ2n) is 5.41. The molecule has 0 aliphatic carbocycles. The number of nitrogens with one attached hydrogen (secondary N) is 2. The highest BCUT2D eigenvalue weighted by molar-refractivity contribution is 5.82. The lowest BCUT2D eigenvalue weighted by Gasteiger charge is -2.08. The van der Waals surface area contributed by atoms with E-state index in [1.165, 1.54) is 24.3 Å². The molecule has 0 saturated carbocycles. The lowest BCUT2D eigenvalue weighted by Crippen LogP contribution is -2.43. The van der Waals surface area contributed by atoms with Crippen LogP contribution in [-0.2, 0) is 16.0 Å². The van der Waals surface area contributed by atoms with Crippen LogP contribution in [0, 0.1) is 5.82 Å². The Labute approximate surface area is 148 Å². The molecule has 2 aromatic carbocycles. The number of aromatic nitrogens is 1. The number of hydrogen-bond donors (Lipinski definition) is 2. The van der Waals surface area contributed by atoms with Gasteiger partial charge in [-0.3, -0.25) is 20.4 Å². The maximum Gasteiger partial charge on any atom is 0.276 e. The van der Waals surface area contributed by atoms with Gasteiger partial charge in [-0.15, -0.1) is 0 Å². The Kier molecular flexibility index (Phi) is 5.43. The van der Waals surface area contributed by atoms with Gasteiger partial charge in [0.1, 0.15) is 17.1 Å². The predicted octanol–water partition coefficient (Wildman–Crippen LogP) is 2.13. The number of nitrogens with zero attached hydrogens (tertiary/aromatic N) is 1. The summed E-state index contributed by atoms with van der Waals surface area (Å²) < 4.78 is 23.4. The average molecular weight is 357 g/mol. The SMILES string of the molecule is O=C(CCc1nc2ccccc2o1)NNC(=O)COc1ccc(F)cc1. The third kappa shape index (κ3) is 4.79. The van der Waals surface area contributed by atoms with Gasteiger partial charge in [-0.25, -0.2) is 9.37 Å². The van der Waals surface area contributed by atoms with Gasteiger partial charge in [0.25, 0.3) is 5.91 Å². The Hall–Kier alpha value is -3.42. The lowest BCUT2D eigenvalue weighted by molar-refractivity contribution is -0.130. The van der Waals surface area contributed by atoms with Crippen LogP contribution in [0.1, 0.15) is 12.3 Å². The van der Waals surface area contributed by atoms with Gasteiger partial charge in [-0.1, -0.05) is 12.1 Å². The van der Waals surface area contributed by atoms with Crippen molar-refractivity contribution >= 4 is 22.9 Å². The maximum atomic E-state index is 12.8. The monoisotopic (exact) mass is 357 g/mol. The van der Waals surface area contributed by atoms with E-state index in [0.29, 0.717) is 23.6 Å². The van der Waals surface area contributed by atoms with Gasteiger partial charge in [-0.2, -0.15) is 0 Å². The minimum atomic E-state index is -0.537. The van der Waals surface area contributed by atoms with E-state index in [1.807, 2.05) is 18.2 Å². The zero-order chi connectivity index (χ0) is 18.4. The van der Waals surface area contributed by atoms with Crippen molar-refractivity contribution in [3.63, 3.8) is 0 Å². The van der Waals surface area contributed by atoms with E-state index < -0.39 is 11.7 Å². The quantitative estimate of drug-likeness (QED) is 0.659. The van der Waals surface area contributed by atoms with E-state index in [2.05, 4.69) is 15.8 Å². The van der Waals surface area contributed by atoms with Crippen LogP contribution >= 0.6 is 0 Å². The molecule has 0 fully saturated rings. The largest absolute Gasteiger partial charge is 0.484 e. The first kappa shape index (κ1) is 17.4. The Balaban J connectivity index is 1.37. The summed E-state index contributed by atoms with van der Waals surface area (Å²) in [6, 6.07) is 12.6. The van der Waals surface area contributed by atoms with Crippen molar-refractivity contribution in [2.45, 2.75) is 12.8 Å². The highest BCUT2D eigenvalue weighted by Crippen LogP contribution is 2.15. The van der Waals surface area contributed by atoms with Gasteiger partial charge in [0, 0.05) is 12.8 Å². The number of carbonyl (C=O) groups excluding carboxylic acids is 2. The van der Waals surface area contributed by atoms with Crippen LogP contribution in [-0.4, -0.2) is 23.4 Å². The standard InChI is InChI=1S/C18H16FN3O4/c19-12-5-7-13(8-6-12)25-11-17(24)22-21-16(23)9-10-18-20-14-3-1-2-4-15(14)26-18/h1-8H,9-11H2,(H,21,23)(H,22,24). The summed E-state index contributed by atoms with van der Waals surface area (Å²) in [6.07, 6.45) is 0.411. The van der Waals surface area contributed by atoms with Crippen LogP contribution in [0.2, 0.25) is 0 Å². The molecule has 2 N–H and O–H groups in total. The molecule has 0 radical (unpaired) electrons. The molecular formula is C18H16FN3O4. The summed E-state index contributed by atoms with van der Waals surface area (Å²) in [5, 5.41) is 0. The van der Waals surface area contributed by atoms with Crippen molar-refractivity contribution < 1.29 is 23.1 Å². The van der Waals surface area contributed by atoms with Crippen molar-refractivity contribution in [3.05, 3.63) is 60.2 Å². The number of halogens is 1. The summed E-state index contributed by atoms with van der Waals surface area (Å²) in [4.78, 5) is 27.7. The first-order valence-electron chi connectivity index (χ1n) is 7.90. The Morgan fingerprint density at radius 2 is 1.77 bits per heavy atom. The number of hydrazine groups is 1. The Morgan fingerprint density at radius 3 is 2.54 bits per heavy atom. The van der Waals surface area contributed by atoms with E-state index in [1.54, 1.807) is 6.07 Å². The van der Waals surface area contributed by atoms with Crippen molar-refractivity contribution in [2.75, 3.05) is 6.61 Å². The number of para-hydroxylation sites is 2. The van der Waals surface area contributed by atoms with Crippen molar-refractivity contribution in [2.24, 2.45) is 0 Å². The summed E-state index contributed by atoms with van der Waals surface area (Å²) >= 11 is 0. The molecule has 26 heavy (non-hydrogen) atoms. The number of benzene rings is 2. The Morgan fingerprint density at radius 1 is 1.04 bits per heavy atom. The van der Waals surface area contributed by atoms with Gasteiger partial charge >= 0.3 is 0 Å². The zero-order valence-electron chi connectivity index (χ0n) is 13.7. The topological polar surface area (TPSA) is 93.5 Å². The van der Waals surface area contributed by atoms with Gasteiger partial charge in [0.05, 0.1) is 0 Å². The van der Waals surface area contributed by atoms with Crippen LogP contribution < -0.4 is 15.6 Å². The average Bonchev–Trinajstić information content (AvgIpc) is 3.07. The van der Waals surface area contributed by atoms with E-state index in [0.717, 1.165) is 5.52 Å². The van der Waals surface area contributed by atoms with Crippen LogP contribution in [0.3, 0.4) is 0 Å². The second-order valence-corrected chi connectivity index (χ2v) is 5.41. The third-order valence-corrected chi connectivity index (χ3v) is 3.43. The van der Waals surface area contributed by atoms with Crippen molar-refractivity contribution in [1.82, 2.24) is 15.8 Å². The van der Waals surface area contributed by atoms with Crippen molar-refractivity contribution in [1.29, 1.82) is 0 Å².